The number of rotatable bonds is 5. The van der Waals surface area contributed by atoms with Crippen molar-refractivity contribution in [2.24, 2.45) is 0 Å². The zero-order chi connectivity index (χ0) is 15.2. The van der Waals surface area contributed by atoms with Gasteiger partial charge in [0.05, 0.1) is 0 Å². The van der Waals surface area contributed by atoms with Crippen molar-refractivity contribution >= 4 is 31.8 Å². The third-order valence-electron chi connectivity index (χ3n) is 2.39. The number of hydrogen-bond acceptors (Lipinski definition) is 3. The van der Waals surface area contributed by atoms with Gasteiger partial charge in [0.1, 0.15) is 0 Å². The van der Waals surface area contributed by atoms with E-state index in [4.69, 9.17) is 4.74 Å². The van der Waals surface area contributed by atoms with Gasteiger partial charge in [-0.05, 0) is 0 Å². The summed E-state index contributed by atoms with van der Waals surface area (Å²) < 4.78 is 6.33. The van der Waals surface area contributed by atoms with Crippen LogP contribution in [0.1, 0.15) is 27.7 Å². The number of carbonyl (C=O) groups is 2. The number of hydrogen-bond donors (Lipinski definition) is 1. The van der Waals surface area contributed by atoms with Crippen LogP contribution in [0.15, 0.2) is 30.3 Å². The van der Waals surface area contributed by atoms with Gasteiger partial charge in [0.15, 0.2) is 0 Å². The number of aldehydes is 1. The van der Waals surface area contributed by atoms with Gasteiger partial charge in [-0.15, -0.1) is 0 Å². The van der Waals surface area contributed by atoms with Gasteiger partial charge >= 0.3 is 126 Å². The Morgan fingerprint density at radius 3 is 2.40 bits per heavy atom. The minimum atomic E-state index is -0.537. The van der Waals surface area contributed by atoms with Crippen molar-refractivity contribution in [2.75, 3.05) is 0 Å². The van der Waals surface area contributed by atoms with E-state index in [1.165, 1.54) is 0 Å². The fourth-order valence-corrected chi connectivity index (χ4v) is 3.49. The summed E-state index contributed by atoms with van der Waals surface area (Å²) in [4.78, 5) is 22.7. The minimum absolute atomic E-state index is 0.0164. The topological polar surface area (TPSA) is 55.4 Å². The molecule has 0 spiro atoms. The van der Waals surface area contributed by atoms with E-state index in [0.29, 0.717) is 0 Å². The van der Waals surface area contributed by atoms with E-state index >= 15 is 0 Å². The van der Waals surface area contributed by atoms with E-state index in [0.717, 1.165) is 10.7 Å². The Balaban J connectivity index is 2.57. The van der Waals surface area contributed by atoms with E-state index in [2.05, 4.69) is 5.32 Å². The predicted molar refractivity (Wildman–Crippen MR) is 80.5 cm³/mol. The number of benzene rings is 1. The molecule has 0 radical (unpaired) electrons. The Bertz CT molecular complexity index is 442. The fraction of sp³-hybridized carbons (Fsp3) is 0.467. The molecule has 20 heavy (non-hydrogen) atoms. The summed E-state index contributed by atoms with van der Waals surface area (Å²) in [5, 5.41) is 2.73. The van der Waals surface area contributed by atoms with Crippen LogP contribution < -0.4 is 9.78 Å². The molecule has 1 aromatic carbocycles. The van der Waals surface area contributed by atoms with Crippen molar-refractivity contribution < 1.29 is 14.3 Å². The van der Waals surface area contributed by atoms with Crippen LogP contribution in [0.25, 0.3) is 0 Å². The monoisotopic (exact) mass is 343 g/mol. The summed E-state index contributed by atoms with van der Waals surface area (Å²) in [6.45, 7) is 7.25. The predicted octanol–water partition coefficient (Wildman–Crippen LogP) is 1.92. The number of ether oxygens (including phenoxy) is 1. The van der Waals surface area contributed by atoms with Gasteiger partial charge in [-0.3, -0.25) is 0 Å². The van der Waals surface area contributed by atoms with Crippen LogP contribution >= 0.6 is 0 Å². The second-order valence-electron chi connectivity index (χ2n) is 5.47. The normalized spacial score (nSPS) is 14.2. The van der Waals surface area contributed by atoms with Gasteiger partial charge in [-0.2, -0.15) is 0 Å². The molecular weight excluding hydrogens is 321 g/mol. The molecule has 0 bridgehead atoms. The summed E-state index contributed by atoms with van der Waals surface area (Å²) in [5.74, 6) is 0. The molecule has 5 heteroatoms. The summed E-state index contributed by atoms with van der Waals surface area (Å²) >= 11 is -0.0164. The van der Waals surface area contributed by atoms with Crippen molar-refractivity contribution in [1.29, 1.82) is 0 Å². The molecule has 110 valence electrons. The molecule has 0 aliphatic heterocycles. The van der Waals surface area contributed by atoms with Crippen molar-refractivity contribution in [3.05, 3.63) is 30.3 Å². The van der Waals surface area contributed by atoms with Gasteiger partial charge in [0.25, 0.3) is 0 Å². The van der Waals surface area contributed by atoms with Gasteiger partial charge in [0.2, 0.25) is 0 Å². The average molecular weight is 342 g/mol. The fourth-order valence-electron chi connectivity index (χ4n) is 1.48. The number of nitrogens with one attached hydrogen (secondary N) is 1. The maximum atomic E-state index is 11.7. The molecule has 1 rings (SSSR count). The van der Waals surface area contributed by atoms with Gasteiger partial charge < -0.3 is 0 Å². The van der Waals surface area contributed by atoms with E-state index in [9.17, 15) is 9.59 Å². The standard InChI is InChI=1S/C15H21NO3Se/c1-11(16-14(18)19-15(2,3)4)13(10-17)20-12-8-6-5-7-9-12/h5-11,13H,1-4H3,(H,16,18)/t11-,13+/m0/s1. The molecule has 0 unspecified atom stereocenters. The van der Waals surface area contributed by atoms with Crippen LogP contribution in [-0.2, 0) is 9.53 Å². The molecule has 0 saturated heterocycles. The van der Waals surface area contributed by atoms with E-state index in [1.807, 2.05) is 58.0 Å². The number of alkyl carbamates (subject to hydrolysis) is 1. The van der Waals surface area contributed by atoms with Gasteiger partial charge in [-0.1, -0.05) is 0 Å². The van der Waals surface area contributed by atoms with Crippen LogP contribution in [0.5, 0.6) is 0 Å². The molecule has 1 amide bonds. The Morgan fingerprint density at radius 1 is 1.30 bits per heavy atom. The summed E-state index contributed by atoms with van der Waals surface area (Å²) in [6, 6.07) is 9.59. The molecule has 0 aliphatic rings. The van der Waals surface area contributed by atoms with Crippen LogP contribution in [0.4, 0.5) is 4.79 Å². The van der Waals surface area contributed by atoms with E-state index in [1.54, 1.807) is 0 Å². The molecule has 2 atom stereocenters. The molecule has 1 aromatic rings. The molecule has 0 saturated carbocycles. The Labute approximate surface area is 126 Å². The molecule has 4 nitrogen and oxygen atoms in total. The first-order valence-electron chi connectivity index (χ1n) is 6.48. The Kier molecular flexibility index (Phi) is 6.24. The zero-order valence-electron chi connectivity index (χ0n) is 12.3. The van der Waals surface area contributed by atoms with E-state index in [-0.39, 0.29) is 25.8 Å². The number of carbonyl (C=O) groups excluding carboxylic acids is 2. The SMILES string of the molecule is C[C@H](NC(=O)OC(C)(C)C)[C@@H](C=O)[Se]c1ccccc1. The molecular formula is C15H21NO3Se. The van der Waals surface area contributed by atoms with Crippen molar-refractivity contribution in [1.82, 2.24) is 5.32 Å². The quantitative estimate of drug-likeness (QED) is 0.657. The van der Waals surface area contributed by atoms with Gasteiger partial charge in [0, 0.05) is 0 Å². The molecule has 1 N–H and O–H groups in total. The Hall–Kier alpha value is -1.32. The molecule has 0 aromatic heterocycles. The van der Waals surface area contributed by atoms with Crippen molar-refractivity contribution in [3.8, 4) is 0 Å². The van der Waals surface area contributed by atoms with Crippen molar-refractivity contribution in [2.45, 2.75) is 44.2 Å². The molecule has 0 aliphatic carbocycles. The Morgan fingerprint density at radius 2 is 1.90 bits per heavy atom. The van der Waals surface area contributed by atoms with Crippen LogP contribution in [0.3, 0.4) is 0 Å². The van der Waals surface area contributed by atoms with Crippen LogP contribution in [-0.4, -0.2) is 39.0 Å². The first-order chi connectivity index (χ1) is 9.31. The van der Waals surface area contributed by atoms with Crippen LogP contribution in [0.2, 0.25) is 4.82 Å². The maximum absolute atomic E-state index is 11.7. The second-order valence-corrected chi connectivity index (χ2v) is 8.09. The zero-order valence-corrected chi connectivity index (χ0v) is 14.0. The summed E-state index contributed by atoms with van der Waals surface area (Å²) in [6.07, 6.45) is 0.426. The molecule has 0 heterocycles. The summed E-state index contributed by atoms with van der Waals surface area (Å²) in [5.41, 5.74) is -0.537. The first kappa shape index (κ1) is 16.7. The van der Waals surface area contributed by atoms with Gasteiger partial charge in [-0.25, -0.2) is 0 Å². The second kappa shape index (κ2) is 7.46. The average Bonchev–Trinajstić information content (AvgIpc) is 2.34. The van der Waals surface area contributed by atoms with Crippen LogP contribution in [0, 0.1) is 0 Å². The first-order valence-corrected chi connectivity index (χ1v) is 8.33. The molecule has 0 fully saturated rings. The third-order valence-corrected chi connectivity index (χ3v) is 5.19. The van der Waals surface area contributed by atoms with Crippen molar-refractivity contribution in [3.63, 3.8) is 0 Å². The third kappa shape index (κ3) is 6.22. The number of amides is 1. The summed E-state index contributed by atoms with van der Waals surface area (Å²) in [7, 11) is 0. The van der Waals surface area contributed by atoms with E-state index < -0.39 is 11.7 Å².